The molecular formula is C17H22N6OS. The van der Waals surface area contributed by atoms with Crippen molar-refractivity contribution in [3.8, 4) is 0 Å². The SMILES string of the molecule is CC(C)C[C@H](NC(=O)CN(C)c1ncnc2nc[nH]c12)c1cccs1. The average molecular weight is 358 g/mol. The van der Waals surface area contributed by atoms with Gasteiger partial charge in [0.05, 0.1) is 18.9 Å². The van der Waals surface area contributed by atoms with Crippen LogP contribution in [0.4, 0.5) is 5.82 Å². The number of H-pyrrole nitrogens is 1. The highest BCUT2D eigenvalue weighted by Gasteiger charge is 2.19. The molecule has 0 fully saturated rings. The summed E-state index contributed by atoms with van der Waals surface area (Å²) in [7, 11) is 1.84. The van der Waals surface area contributed by atoms with E-state index in [4.69, 9.17) is 0 Å². The summed E-state index contributed by atoms with van der Waals surface area (Å²) < 4.78 is 0. The average Bonchev–Trinajstić information content (AvgIpc) is 3.24. The molecule has 3 aromatic heterocycles. The van der Waals surface area contributed by atoms with Crippen LogP contribution in [0.15, 0.2) is 30.2 Å². The van der Waals surface area contributed by atoms with Crippen LogP contribution < -0.4 is 10.2 Å². The van der Waals surface area contributed by atoms with Gasteiger partial charge in [-0.05, 0) is 23.8 Å². The maximum Gasteiger partial charge on any atom is 0.240 e. The molecule has 132 valence electrons. The summed E-state index contributed by atoms with van der Waals surface area (Å²) >= 11 is 1.67. The van der Waals surface area contributed by atoms with Crippen LogP contribution in [0.2, 0.25) is 0 Å². The van der Waals surface area contributed by atoms with E-state index in [0.29, 0.717) is 17.4 Å². The first-order valence-electron chi connectivity index (χ1n) is 8.22. The highest BCUT2D eigenvalue weighted by atomic mass is 32.1. The topological polar surface area (TPSA) is 86.8 Å². The Morgan fingerprint density at radius 3 is 2.92 bits per heavy atom. The Hall–Kier alpha value is -2.48. The van der Waals surface area contributed by atoms with E-state index < -0.39 is 0 Å². The number of carbonyl (C=O) groups excluding carboxylic acids is 1. The number of anilines is 1. The van der Waals surface area contributed by atoms with Crippen molar-refractivity contribution < 1.29 is 4.79 Å². The zero-order valence-electron chi connectivity index (χ0n) is 14.6. The van der Waals surface area contributed by atoms with Gasteiger partial charge in [-0.3, -0.25) is 4.79 Å². The van der Waals surface area contributed by atoms with Gasteiger partial charge >= 0.3 is 0 Å². The molecule has 3 rings (SSSR count). The molecule has 8 heteroatoms. The third kappa shape index (κ3) is 4.14. The Labute approximate surface area is 150 Å². The number of rotatable bonds is 7. The lowest BCUT2D eigenvalue weighted by molar-refractivity contribution is -0.120. The molecule has 0 saturated heterocycles. The minimum absolute atomic E-state index is 0.0344. The molecule has 0 bridgehead atoms. The van der Waals surface area contributed by atoms with E-state index in [0.717, 1.165) is 11.9 Å². The van der Waals surface area contributed by atoms with E-state index in [1.54, 1.807) is 22.6 Å². The fourth-order valence-corrected chi connectivity index (χ4v) is 3.57. The number of aromatic nitrogens is 4. The summed E-state index contributed by atoms with van der Waals surface area (Å²) in [4.78, 5) is 31.1. The molecular weight excluding hydrogens is 336 g/mol. The van der Waals surface area contributed by atoms with E-state index in [9.17, 15) is 4.79 Å². The molecule has 0 radical (unpaired) electrons. The standard InChI is InChI=1S/C17H22N6OS/c1-11(2)7-12(13-5-4-6-25-13)22-14(24)8-23(3)17-15-16(19-9-18-15)20-10-21-17/h4-6,9-12H,7-8H2,1-3H3,(H,22,24)(H,18,19,20,21)/t12-/m0/s1. The summed E-state index contributed by atoms with van der Waals surface area (Å²) in [5.74, 6) is 1.12. The number of nitrogens with zero attached hydrogens (tertiary/aromatic N) is 4. The number of fused-ring (bicyclic) bond motifs is 1. The molecule has 3 heterocycles. The van der Waals surface area contributed by atoms with Crippen molar-refractivity contribution in [3.63, 3.8) is 0 Å². The van der Waals surface area contributed by atoms with Crippen molar-refractivity contribution in [2.75, 3.05) is 18.5 Å². The quantitative estimate of drug-likeness (QED) is 0.678. The van der Waals surface area contributed by atoms with Gasteiger partial charge in [0.1, 0.15) is 11.8 Å². The van der Waals surface area contributed by atoms with E-state index in [1.165, 1.54) is 11.2 Å². The second kappa shape index (κ2) is 7.60. The molecule has 7 nitrogen and oxygen atoms in total. The lowest BCUT2D eigenvalue weighted by Crippen LogP contribution is -2.38. The van der Waals surface area contributed by atoms with Crippen molar-refractivity contribution >= 4 is 34.2 Å². The fraction of sp³-hybridized carbons (Fsp3) is 0.412. The summed E-state index contributed by atoms with van der Waals surface area (Å²) in [5, 5.41) is 5.19. The Morgan fingerprint density at radius 1 is 1.36 bits per heavy atom. The zero-order valence-corrected chi connectivity index (χ0v) is 15.4. The Morgan fingerprint density at radius 2 is 2.20 bits per heavy atom. The molecule has 2 N–H and O–H groups in total. The number of amides is 1. The van der Waals surface area contributed by atoms with Gasteiger partial charge in [-0.2, -0.15) is 0 Å². The molecule has 25 heavy (non-hydrogen) atoms. The maximum atomic E-state index is 12.6. The fourth-order valence-electron chi connectivity index (χ4n) is 2.78. The highest BCUT2D eigenvalue weighted by molar-refractivity contribution is 7.10. The van der Waals surface area contributed by atoms with E-state index in [1.807, 2.05) is 18.5 Å². The number of thiophene rings is 1. The number of hydrogen-bond acceptors (Lipinski definition) is 6. The number of nitrogens with one attached hydrogen (secondary N) is 2. The molecule has 1 atom stereocenters. The smallest absolute Gasteiger partial charge is 0.240 e. The minimum atomic E-state index is -0.0344. The summed E-state index contributed by atoms with van der Waals surface area (Å²) in [6.45, 7) is 4.54. The van der Waals surface area contributed by atoms with Crippen LogP contribution in [-0.2, 0) is 4.79 Å². The first kappa shape index (κ1) is 17.3. The van der Waals surface area contributed by atoms with Crippen LogP contribution in [-0.4, -0.2) is 39.4 Å². The molecule has 0 unspecified atom stereocenters. The Bertz CT molecular complexity index is 829. The van der Waals surface area contributed by atoms with Crippen LogP contribution in [0, 0.1) is 5.92 Å². The second-order valence-corrected chi connectivity index (χ2v) is 7.40. The van der Waals surface area contributed by atoms with Crippen molar-refractivity contribution in [1.82, 2.24) is 25.3 Å². The summed E-state index contributed by atoms with van der Waals surface area (Å²) in [6, 6.07) is 4.13. The Kier molecular flexibility index (Phi) is 5.28. The molecule has 0 aliphatic carbocycles. The van der Waals surface area contributed by atoms with Gasteiger partial charge in [-0.25, -0.2) is 15.0 Å². The number of imidazole rings is 1. The van der Waals surface area contributed by atoms with Gasteiger partial charge in [0, 0.05) is 11.9 Å². The van der Waals surface area contributed by atoms with Crippen molar-refractivity contribution in [1.29, 1.82) is 0 Å². The highest BCUT2D eigenvalue weighted by Crippen LogP contribution is 2.25. The van der Waals surface area contributed by atoms with Crippen molar-refractivity contribution in [2.45, 2.75) is 26.3 Å². The largest absolute Gasteiger partial charge is 0.348 e. The van der Waals surface area contributed by atoms with Crippen LogP contribution >= 0.6 is 11.3 Å². The zero-order chi connectivity index (χ0) is 17.8. The van der Waals surface area contributed by atoms with E-state index in [2.05, 4.69) is 45.2 Å². The normalized spacial score (nSPS) is 12.5. The van der Waals surface area contributed by atoms with Crippen molar-refractivity contribution in [2.24, 2.45) is 5.92 Å². The van der Waals surface area contributed by atoms with Gasteiger partial charge in [0.15, 0.2) is 11.5 Å². The number of aromatic amines is 1. The van der Waals surface area contributed by atoms with Gasteiger partial charge in [-0.1, -0.05) is 19.9 Å². The molecule has 0 aromatic carbocycles. The third-order valence-corrected chi connectivity index (χ3v) is 4.86. The van der Waals surface area contributed by atoms with Gasteiger partial charge in [0.25, 0.3) is 0 Å². The van der Waals surface area contributed by atoms with Crippen LogP contribution in [0.1, 0.15) is 31.2 Å². The van der Waals surface area contributed by atoms with E-state index >= 15 is 0 Å². The van der Waals surface area contributed by atoms with Gasteiger partial charge < -0.3 is 15.2 Å². The van der Waals surface area contributed by atoms with Gasteiger partial charge in [-0.15, -0.1) is 11.3 Å². The first-order valence-corrected chi connectivity index (χ1v) is 9.10. The monoisotopic (exact) mass is 358 g/mol. The van der Waals surface area contributed by atoms with Gasteiger partial charge in [0.2, 0.25) is 5.91 Å². The van der Waals surface area contributed by atoms with Crippen molar-refractivity contribution in [3.05, 3.63) is 35.0 Å². The summed E-state index contributed by atoms with van der Waals surface area (Å²) in [5.41, 5.74) is 1.32. The third-order valence-electron chi connectivity index (χ3n) is 3.87. The molecule has 0 saturated carbocycles. The Balaban J connectivity index is 1.69. The van der Waals surface area contributed by atoms with E-state index in [-0.39, 0.29) is 18.5 Å². The molecule has 0 aliphatic rings. The van der Waals surface area contributed by atoms with Crippen LogP contribution in [0.3, 0.4) is 0 Å². The number of hydrogen-bond donors (Lipinski definition) is 2. The maximum absolute atomic E-state index is 12.6. The molecule has 1 amide bonds. The predicted molar refractivity (Wildman–Crippen MR) is 99.6 cm³/mol. The van der Waals surface area contributed by atoms with Crippen LogP contribution in [0.5, 0.6) is 0 Å². The number of likely N-dealkylation sites (N-methyl/N-ethyl adjacent to an activating group) is 1. The predicted octanol–water partition coefficient (Wildman–Crippen LogP) is 2.75. The summed E-state index contributed by atoms with van der Waals surface area (Å²) in [6.07, 6.45) is 3.95. The molecule has 3 aromatic rings. The minimum Gasteiger partial charge on any atom is -0.348 e. The lowest BCUT2D eigenvalue weighted by Gasteiger charge is -2.22. The first-order chi connectivity index (χ1) is 12.0. The van der Waals surface area contributed by atoms with Crippen LogP contribution in [0.25, 0.3) is 11.2 Å². The number of carbonyl (C=O) groups is 1. The lowest BCUT2D eigenvalue weighted by atomic mass is 10.0. The second-order valence-electron chi connectivity index (χ2n) is 6.42. The molecule has 0 spiro atoms. The molecule has 0 aliphatic heterocycles.